The van der Waals surface area contributed by atoms with E-state index in [9.17, 15) is 0 Å². The van der Waals surface area contributed by atoms with Crippen molar-refractivity contribution < 1.29 is 0 Å². The lowest BCUT2D eigenvalue weighted by Gasteiger charge is -2.39. The number of piperidine rings is 1. The molecular weight excluding hydrogens is 358 g/mol. The Hall–Kier alpha value is -1.43. The van der Waals surface area contributed by atoms with Gasteiger partial charge in [-0.15, -0.1) is 11.3 Å². The van der Waals surface area contributed by atoms with Crippen LogP contribution >= 0.6 is 23.6 Å². The second kappa shape index (κ2) is 8.07. The number of nitrogens with zero attached hydrogens (tertiary/aromatic N) is 1. The molecule has 2 saturated heterocycles. The molecule has 1 aromatic heterocycles. The summed E-state index contributed by atoms with van der Waals surface area (Å²) in [5, 5.41) is 9.86. The van der Waals surface area contributed by atoms with Crippen LogP contribution in [0.4, 0.5) is 5.69 Å². The predicted octanol–water partition coefficient (Wildman–Crippen LogP) is 4.79. The zero-order valence-electron chi connectivity index (χ0n) is 15.3. The Balaban J connectivity index is 1.30. The molecule has 2 aliphatic rings. The molecule has 3 nitrogen and oxygen atoms in total. The minimum Gasteiger partial charge on any atom is -0.360 e. The summed E-state index contributed by atoms with van der Waals surface area (Å²) in [5.74, 6) is 0. The zero-order chi connectivity index (χ0) is 17.9. The topological polar surface area (TPSA) is 27.3 Å². The lowest BCUT2D eigenvalue weighted by Crippen LogP contribution is -2.50. The van der Waals surface area contributed by atoms with Crippen LogP contribution in [-0.4, -0.2) is 28.1 Å². The lowest BCUT2D eigenvalue weighted by atomic mass is 9.97. The van der Waals surface area contributed by atoms with Crippen LogP contribution in [0.3, 0.4) is 0 Å². The summed E-state index contributed by atoms with van der Waals surface area (Å²) >= 11 is 7.44. The lowest BCUT2D eigenvalue weighted by molar-refractivity contribution is 0.116. The monoisotopic (exact) mass is 385 g/mol. The molecule has 2 atom stereocenters. The van der Waals surface area contributed by atoms with Gasteiger partial charge in [0.25, 0.3) is 0 Å². The van der Waals surface area contributed by atoms with E-state index in [0.717, 1.165) is 23.8 Å². The standard InChI is InChI=1S/C21H27N3S2/c1-2-15-5-7-16(8-6-15)22-21(25)23-17-12-18-9-10-19(13-17)24(18)14-20-4-3-11-26-20/h3-8,11,17-19H,2,9-10,12-14H2,1H3,(H2,22,23,25)/t18-,19-/m1/s1. The molecule has 0 aliphatic carbocycles. The third-order valence-electron chi connectivity index (χ3n) is 5.76. The van der Waals surface area contributed by atoms with Crippen LogP contribution in [0.1, 0.15) is 43.0 Å². The van der Waals surface area contributed by atoms with Crippen LogP contribution in [0, 0.1) is 0 Å². The summed E-state index contributed by atoms with van der Waals surface area (Å²) in [6.07, 6.45) is 6.10. The van der Waals surface area contributed by atoms with Crippen molar-refractivity contribution >= 4 is 34.4 Å². The van der Waals surface area contributed by atoms with Crippen LogP contribution in [0.25, 0.3) is 0 Å². The Morgan fingerprint density at radius 2 is 1.88 bits per heavy atom. The minimum absolute atomic E-state index is 0.488. The van der Waals surface area contributed by atoms with Crippen LogP contribution in [-0.2, 0) is 13.0 Å². The van der Waals surface area contributed by atoms with Crippen molar-refractivity contribution in [2.45, 2.75) is 63.7 Å². The molecule has 4 rings (SSSR count). The molecule has 138 valence electrons. The number of thiocarbonyl (C=S) groups is 1. The van der Waals surface area contributed by atoms with E-state index in [4.69, 9.17) is 12.2 Å². The molecule has 2 N–H and O–H groups in total. The highest BCUT2D eigenvalue weighted by Gasteiger charge is 2.40. The van der Waals surface area contributed by atoms with E-state index in [1.54, 1.807) is 0 Å². The molecule has 3 heterocycles. The van der Waals surface area contributed by atoms with Gasteiger partial charge in [-0.2, -0.15) is 0 Å². The van der Waals surface area contributed by atoms with Crippen LogP contribution < -0.4 is 10.6 Å². The van der Waals surface area contributed by atoms with Crippen molar-refractivity contribution in [2.75, 3.05) is 5.32 Å². The second-order valence-corrected chi connectivity index (χ2v) is 8.89. The number of rotatable bonds is 5. The van der Waals surface area contributed by atoms with E-state index in [-0.39, 0.29) is 0 Å². The molecule has 2 aliphatic heterocycles. The van der Waals surface area contributed by atoms with Gasteiger partial charge < -0.3 is 10.6 Å². The highest BCUT2D eigenvalue weighted by atomic mass is 32.1. The summed E-state index contributed by atoms with van der Waals surface area (Å²) in [5.41, 5.74) is 2.42. The molecule has 2 fully saturated rings. The van der Waals surface area contributed by atoms with Gasteiger partial charge in [0, 0.05) is 35.2 Å². The van der Waals surface area contributed by atoms with E-state index in [2.05, 4.69) is 64.2 Å². The van der Waals surface area contributed by atoms with Gasteiger partial charge in [0.15, 0.2) is 5.11 Å². The summed E-state index contributed by atoms with van der Waals surface area (Å²) < 4.78 is 0. The van der Waals surface area contributed by atoms with Crippen molar-refractivity contribution in [3.63, 3.8) is 0 Å². The molecular formula is C21H27N3S2. The summed E-state index contributed by atoms with van der Waals surface area (Å²) in [6, 6.07) is 14.8. The number of aryl methyl sites for hydroxylation is 1. The van der Waals surface area contributed by atoms with Gasteiger partial charge in [-0.25, -0.2) is 0 Å². The van der Waals surface area contributed by atoms with E-state index < -0.39 is 0 Å². The first kappa shape index (κ1) is 18.0. The Morgan fingerprint density at radius 3 is 2.50 bits per heavy atom. The fourth-order valence-electron chi connectivity index (χ4n) is 4.41. The molecule has 1 aromatic carbocycles. The Labute approximate surface area is 165 Å². The van der Waals surface area contributed by atoms with Crippen molar-refractivity contribution in [3.05, 3.63) is 52.2 Å². The zero-order valence-corrected chi connectivity index (χ0v) is 16.9. The fourth-order valence-corrected chi connectivity index (χ4v) is 5.41. The van der Waals surface area contributed by atoms with Gasteiger partial charge in [-0.3, -0.25) is 4.90 Å². The summed E-state index contributed by atoms with van der Waals surface area (Å²) in [7, 11) is 0. The van der Waals surface area contributed by atoms with E-state index >= 15 is 0 Å². The molecule has 0 unspecified atom stereocenters. The first-order valence-corrected chi connectivity index (χ1v) is 10.9. The average Bonchev–Trinajstić information content (AvgIpc) is 3.22. The number of fused-ring (bicyclic) bond motifs is 2. The molecule has 5 heteroatoms. The first-order valence-electron chi connectivity index (χ1n) is 9.66. The molecule has 26 heavy (non-hydrogen) atoms. The number of nitrogens with one attached hydrogen (secondary N) is 2. The average molecular weight is 386 g/mol. The van der Waals surface area contributed by atoms with Gasteiger partial charge in [-0.1, -0.05) is 25.1 Å². The third-order valence-corrected chi connectivity index (χ3v) is 6.84. The predicted molar refractivity (Wildman–Crippen MR) is 115 cm³/mol. The Morgan fingerprint density at radius 1 is 1.15 bits per heavy atom. The van der Waals surface area contributed by atoms with Crippen molar-refractivity contribution in [2.24, 2.45) is 0 Å². The highest BCUT2D eigenvalue weighted by Crippen LogP contribution is 2.37. The smallest absolute Gasteiger partial charge is 0.170 e. The fraction of sp³-hybridized carbons (Fsp3) is 0.476. The van der Waals surface area contributed by atoms with E-state index in [0.29, 0.717) is 18.1 Å². The number of thiophene rings is 1. The second-order valence-electron chi connectivity index (χ2n) is 7.45. The maximum absolute atomic E-state index is 5.56. The molecule has 0 amide bonds. The van der Waals surface area contributed by atoms with Crippen molar-refractivity contribution in [1.29, 1.82) is 0 Å². The molecule has 2 aromatic rings. The largest absolute Gasteiger partial charge is 0.360 e. The maximum atomic E-state index is 5.56. The Kier molecular flexibility index (Phi) is 5.57. The molecule has 2 bridgehead atoms. The summed E-state index contributed by atoms with van der Waals surface area (Å²) in [6.45, 7) is 3.29. The number of anilines is 1. The highest BCUT2D eigenvalue weighted by molar-refractivity contribution is 7.80. The molecule has 0 saturated carbocycles. The van der Waals surface area contributed by atoms with Gasteiger partial charge in [0.2, 0.25) is 0 Å². The number of hydrogen-bond acceptors (Lipinski definition) is 3. The molecule has 0 spiro atoms. The van der Waals surface area contributed by atoms with Gasteiger partial charge in [0.1, 0.15) is 0 Å². The van der Waals surface area contributed by atoms with E-state index in [1.165, 1.54) is 36.1 Å². The normalized spacial score (nSPS) is 25.2. The summed E-state index contributed by atoms with van der Waals surface area (Å²) in [4.78, 5) is 4.21. The number of hydrogen-bond donors (Lipinski definition) is 2. The minimum atomic E-state index is 0.488. The van der Waals surface area contributed by atoms with Crippen LogP contribution in [0.15, 0.2) is 41.8 Å². The van der Waals surface area contributed by atoms with Crippen LogP contribution in [0.5, 0.6) is 0 Å². The van der Waals surface area contributed by atoms with Gasteiger partial charge in [0.05, 0.1) is 0 Å². The van der Waals surface area contributed by atoms with Crippen molar-refractivity contribution in [3.8, 4) is 0 Å². The first-order chi connectivity index (χ1) is 12.7. The quantitative estimate of drug-likeness (QED) is 0.724. The maximum Gasteiger partial charge on any atom is 0.170 e. The van der Waals surface area contributed by atoms with E-state index in [1.807, 2.05) is 11.3 Å². The Bertz CT molecular complexity index is 712. The van der Waals surface area contributed by atoms with Gasteiger partial charge in [-0.05, 0) is 73.5 Å². The number of benzene rings is 1. The van der Waals surface area contributed by atoms with Gasteiger partial charge >= 0.3 is 0 Å². The van der Waals surface area contributed by atoms with Crippen LogP contribution in [0.2, 0.25) is 0 Å². The van der Waals surface area contributed by atoms with Crippen molar-refractivity contribution in [1.82, 2.24) is 10.2 Å². The third kappa shape index (κ3) is 4.11. The molecule has 0 radical (unpaired) electrons. The SMILES string of the molecule is CCc1ccc(NC(=S)NC2C[C@H]3CC[C@H](C2)N3Cc2cccs2)cc1.